The van der Waals surface area contributed by atoms with E-state index in [1.54, 1.807) is 20.8 Å². The fraction of sp³-hybridized carbons (Fsp3) is 0.800. The molecule has 8 nitrogen and oxygen atoms in total. The minimum Gasteiger partial charge on any atom is -0.351 e. The molecule has 31 heavy (non-hydrogen) atoms. The molecule has 0 saturated carbocycles. The maximum absolute atomic E-state index is 12.5. The lowest BCUT2D eigenvalue weighted by Crippen LogP contribution is -2.55. The Morgan fingerprint density at radius 3 is 2.39 bits per heavy atom. The maximum Gasteiger partial charge on any atom is 0.401 e. The number of carbonyl (C=O) groups excluding carboxylic acids is 3. The van der Waals surface area contributed by atoms with E-state index in [-0.39, 0.29) is 17.9 Å². The number of rotatable bonds is 8. The van der Waals surface area contributed by atoms with Crippen LogP contribution in [0.25, 0.3) is 0 Å². The van der Waals surface area contributed by atoms with Crippen LogP contribution in [0, 0.1) is 22.7 Å². The predicted octanol–water partition coefficient (Wildman–Crippen LogP) is 1.37. The van der Waals surface area contributed by atoms with E-state index in [1.165, 1.54) is 0 Å². The van der Waals surface area contributed by atoms with Gasteiger partial charge in [-0.25, -0.2) is 0 Å². The van der Waals surface area contributed by atoms with E-state index in [2.05, 4.69) is 21.3 Å². The number of amides is 3. The van der Waals surface area contributed by atoms with Crippen molar-refractivity contribution in [1.29, 1.82) is 5.26 Å². The number of piperidine rings is 1. The quantitative estimate of drug-likeness (QED) is 0.448. The van der Waals surface area contributed by atoms with Crippen LogP contribution in [0.1, 0.15) is 53.9 Å². The molecule has 0 aliphatic carbocycles. The Kier molecular flexibility index (Phi) is 8.87. The van der Waals surface area contributed by atoms with E-state index in [4.69, 9.17) is 0 Å². The summed E-state index contributed by atoms with van der Waals surface area (Å²) in [6.45, 7) is 6.77. The largest absolute Gasteiger partial charge is 0.401 e. The number of nitriles is 1. The van der Waals surface area contributed by atoms with Crippen molar-refractivity contribution in [2.45, 2.75) is 77.7 Å². The standard InChI is InChI=1S/C20H32F3N5O3/c1-18(2,3)15(26-11-20(21,22)23)17(31)25-10-14(29)27-13(9-24)8-12-6-7-19(4,5)28-16(12)30/h12-13,15,26H,6-8,10-11H2,1-5H3,(H,25,31)(H,27,29)(H,28,30)/t12-,13-,15+/m0/s1. The molecule has 176 valence electrons. The van der Waals surface area contributed by atoms with Crippen molar-refractivity contribution >= 4 is 17.7 Å². The summed E-state index contributed by atoms with van der Waals surface area (Å²) in [5.41, 5.74) is -1.14. The zero-order valence-corrected chi connectivity index (χ0v) is 18.6. The van der Waals surface area contributed by atoms with Crippen LogP contribution in [0.5, 0.6) is 0 Å². The topological polar surface area (TPSA) is 123 Å². The molecular formula is C20H32F3N5O3. The summed E-state index contributed by atoms with van der Waals surface area (Å²) in [7, 11) is 0. The number of hydrogen-bond acceptors (Lipinski definition) is 5. The van der Waals surface area contributed by atoms with E-state index in [9.17, 15) is 32.8 Å². The predicted molar refractivity (Wildman–Crippen MR) is 107 cm³/mol. The normalized spacial score (nSPS) is 20.7. The highest BCUT2D eigenvalue weighted by molar-refractivity contribution is 5.88. The lowest BCUT2D eigenvalue weighted by atomic mass is 9.83. The molecule has 0 aromatic rings. The number of halogens is 3. The first-order valence-corrected chi connectivity index (χ1v) is 10.1. The van der Waals surface area contributed by atoms with Crippen molar-refractivity contribution in [3.8, 4) is 6.07 Å². The van der Waals surface area contributed by atoms with Gasteiger partial charge in [0, 0.05) is 11.5 Å². The van der Waals surface area contributed by atoms with Crippen molar-refractivity contribution in [2.75, 3.05) is 13.1 Å². The summed E-state index contributed by atoms with van der Waals surface area (Å²) in [4.78, 5) is 36.7. The molecule has 1 fully saturated rings. The van der Waals surface area contributed by atoms with Crippen molar-refractivity contribution < 1.29 is 27.6 Å². The molecule has 0 radical (unpaired) electrons. The zero-order chi connectivity index (χ0) is 24.0. The van der Waals surface area contributed by atoms with Crippen LogP contribution >= 0.6 is 0 Å². The van der Waals surface area contributed by atoms with Gasteiger partial charge in [0.25, 0.3) is 0 Å². The molecule has 0 aromatic heterocycles. The number of nitrogens with one attached hydrogen (secondary N) is 4. The lowest BCUT2D eigenvalue weighted by molar-refractivity contribution is -0.136. The summed E-state index contributed by atoms with van der Waals surface area (Å²) in [6, 6.07) is -0.174. The van der Waals surface area contributed by atoms with Crippen molar-refractivity contribution in [1.82, 2.24) is 21.3 Å². The molecule has 1 aliphatic heterocycles. The Hall–Kier alpha value is -2.35. The van der Waals surface area contributed by atoms with Crippen molar-refractivity contribution in [3.63, 3.8) is 0 Å². The van der Waals surface area contributed by atoms with Crippen LogP contribution < -0.4 is 21.3 Å². The molecule has 1 aliphatic rings. The second-order valence-electron chi connectivity index (χ2n) is 9.61. The average molecular weight is 448 g/mol. The van der Waals surface area contributed by atoms with Gasteiger partial charge >= 0.3 is 6.18 Å². The maximum atomic E-state index is 12.5. The zero-order valence-electron chi connectivity index (χ0n) is 18.6. The summed E-state index contributed by atoms with van der Waals surface area (Å²) in [5.74, 6) is -2.01. The fourth-order valence-corrected chi connectivity index (χ4v) is 3.34. The summed E-state index contributed by atoms with van der Waals surface area (Å²) >= 11 is 0. The molecule has 0 bridgehead atoms. The molecule has 1 heterocycles. The van der Waals surface area contributed by atoms with Crippen molar-refractivity contribution in [3.05, 3.63) is 0 Å². The van der Waals surface area contributed by atoms with Crippen LogP contribution in [-0.2, 0) is 14.4 Å². The van der Waals surface area contributed by atoms with Crippen LogP contribution in [0.3, 0.4) is 0 Å². The minimum absolute atomic E-state index is 0.135. The highest BCUT2D eigenvalue weighted by Crippen LogP contribution is 2.26. The van der Waals surface area contributed by atoms with Gasteiger partial charge in [-0.15, -0.1) is 0 Å². The molecule has 3 amide bonds. The Labute approximate surface area is 180 Å². The summed E-state index contributed by atoms with van der Waals surface area (Å²) in [5, 5.41) is 19.1. The Balaban J connectivity index is 2.58. The highest BCUT2D eigenvalue weighted by Gasteiger charge is 2.36. The second kappa shape index (κ2) is 10.3. The van der Waals surface area contributed by atoms with E-state index >= 15 is 0 Å². The molecule has 1 rings (SSSR count). The third kappa shape index (κ3) is 9.55. The van der Waals surface area contributed by atoms with Crippen LogP contribution in [-0.4, -0.2) is 54.6 Å². The van der Waals surface area contributed by atoms with Gasteiger partial charge in [0.2, 0.25) is 17.7 Å². The fourth-order valence-electron chi connectivity index (χ4n) is 3.34. The smallest absolute Gasteiger partial charge is 0.351 e. The third-order valence-corrected chi connectivity index (χ3v) is 5.02. The molecule has 0 unspecified atom stereocenters. The van der Waals surface area contributed by atoms with Crippen LogP contribution in [0.2, 0.25) is 0 Å². The van der Waals surface area contributed by atoms with E-state index < -0.39 is 54.5 Å². The van der Waals surface area contributed by atoms with Gasteiger partial charge in [0.05, 0.1) is 25.2 Å². The molecule has 0 aromatic carbocycles. The van der Waals surface area contributed by atoms with Gasteiger partial charge in [-0.05, 0) is 38.5 Å². The Morgan fingerprint density at radius 2 is 1.90 bits per heavy atom. The second-order valence-corrected chi connectivity index (χ2v) is 9.61. The number of hydrogen-bond donors (Lipinski definition) is 4. The first kappa shape index (κ1) is 26.7. The van der Waals surface area contributed by atoms with Crippen LogP contribution in [0.4, 0.5) is 13.2 Å². The van der Waals surface area contributed by atoms with E-state index in [0.29, 0.717) is 6.42 Å². The van der Waals surface area contributed by atoms with Crippen LogP contribution in [0.15, 0.2) is 0 Å². The Bertz CT molecular complexity index is 710. The molecule has 1 saturated heterocycles. The third-order valence-electron chi connectivity index (χ3n) is 5.02. The van der Waals surface area contributed by atoms with E-state index in [0.717, 1.165) is 6.42 Å². The first-order chi connectivity index (χ1) is 14.0. The molecule has 4 N–H and O–H groups in total. The highest BCUT2D eigenvalue weighted by atomic mass is 19.4. The summed E-state index contributed by atoms with van der Waals surface area (Å²) < 4.78 is 37.5. The molecule has 11 heteroatoms. The first-order valence-electron chi connectivity index (χ1n) is 10.1. The monoisotopic (exact) mass is 447 g/mol. The SMILES string of the molecule is CC1(C)CC[C@@H](C[C@@H](C#N)NC(=O)CNC(=O)[C@@H](NCC(F)(F)F)C(C)(C)C)C(=O)N1. The molecule has 3 atom stereocenters. The Morgan fingerprint density at radius 1 is 1.29 bits per heavy atom. The van der Waals surface area contributed by atoms with Crippen molar-refractivity contribution in [2.24, 2.45) is 11.3 Å². The average Bonchev–Trinajstić information content (AvgIpc) is 2.59. The molecular weight excluding hydrogens is 415 g/mol. The van der Waals surface area contributed by atoms with Gasteiger partial charge in [-0.3, -0.25) is 19.7 Å². The van der Waals surface area contributed by atoms with Gasteiger partial charge in [0.15, 0.2) is 0 Å². The number of alkyl halides is 3. The van der Waals surface area contributed by atoms with Gasteiger partial charge in [-0.1, -0.05) is 20.8 Å². The molecule has 0 spiro atoms. The number of nitrogens with zero attached hydrogens (tertiary/aromatic N) is 1. The van der Waals surface area contributed by atoms with E-state index in [1.807, 2.05) is 19.9 Å². The van der Waals surface area contributed by atoms with Gasteiger partial charge in [-0.2, -0.15) is 18.4 Å². The summed E-state index contributed by atoms with van der Waals surface area (Å²) in [6.07, 6.45) is -3.02. The number of carbonyl (C=O) groups is 3. The van der Waals surface area contributed by atoms with Gasteiger partial charge in [0.1, 0.15) is 6.04 Å². The minimum atomic E-state index is -4.48. The van der Waals surface area contributed by atoms with Gasteiger partial charge < -0.3 is 16.0 Å². The lowest BCUT2D eigenvalue weighted by Gasteiger charge is -2.35.